The van der Waals surface area contributed by atoms with Crippen LogP contribution in [0.1, 0.15) is 11.5 Å². The maximum atomic E-state index is 8.82. The summed E-state index contributed by atoms with van der Waals surface area (Å²) in [5.74, 6) is 0.587. The number of halogens is 1. The summed E-state index contributed by atoms with van der Waals surface area (Å²) in [6, 6.07) is 11.0. The first-order valence-corrected chi connectivity index (χ1v) is 5.08. The second-order valence-corrected chi connectivity index (χ2v) is 3.74. The van der Waals surface area contributed by atoms with E-state index in [1.54, 1.807) is 25.1 Å². The molecule has 0 atom stereocenters. The summed E-state index contributed by atoms with van der Waals surface area (Å²) >= 11 is 5.80. The molecule has 2 rings (SSSR count). The number of rotatable bonds is 1. The number of benzene rings is 1. The third-order valence-electron chi connectivity index (χ3n) is 2.09. The summed E-state index contributed by atoms with van der Waals surface area (Å²) in [5, 5.41) is 9.49. The van der Waals surface area contributed by atoms with Gasteiger partial charge in [0.2, 0.25) is 0 Å². The average Bonchev–Trinajstić information content (AvgIpc) is 2.29. The van der Waals surface area contributed by atoms with E-state index < -0.39 is 0 Å². The molecular weight excluding hydrogens is 222 g/mol. The summed E-state index contributed by atoms with van der Waals surface area (Å²) < 4.78 is 0. The number of aryl methyl sites for hydroxylation is 1. The normalized spacial score (nSPS) is 9.81. The van der Waals surface area contributed by atoms with Crippen LogP contribution in [0.25, 0.3) is 11.3 Å². The highest BCUT2D eigenvalue weighted by Crippen LogP contribution is 2.20. The molecule has 0 saturated heterocycles. The van der Waals surface area contributed by atoms with Crippen molar-refractivity contribution in [3.05, 3.63) is 46.9 Å². The van der Waals surface area contributed by atoms with E-state index in [-0.39, 0.29) is 0 Å². The lowest BCUT2D eigenvalue weighted by atomic mass is 10.1. The smallest absolute Gasteiger partial charge is 0.144 e. The van der Waals surface area contributed by atoms with Crippen molar-refractivity contribution in [1.29, 1.82) is 5.26 Å². The molecule has 0 saturated carbocycles. The van der Waals surface area contributed by atoms with Crippen molar-refractivity contribution in [3.63, 3.8) is 0 Å². The number of nitrogens with zero attached hydrogens (tertiary/aromatic N) is 3. The Kier molecular flexibility index (Phi) is 2.84. The van der Waals surface area contributed by atoms with Gasteiger partial charge >= 0.3 is 0 Å². The van der Waals surface area contributed by atoms with Crippen molar-refractivity contribution in [2.75, 3.05) is 0 Å². The minimum Gasteiger partial charge on any atom is -0.233 e. The van der Waals surface area contributed by atoms with Crippen LogP contribution in [0.3, 0.4) is 0 Å². The van der Waals surface area contributed by atoms with Crippen molar-refractivity contribution in [1.82, 2.24) is 9.97 Å². The molecule has 0 N–H and O–H groups in total. The SMILES string of the molecule is Cc1nc(C#N)cc(-c2ccc(Cl)cc2)n1. The van der Waals surface area contributed by atoms with Crippen LogP contribution >= 0.6 is 11.6 Å². The second-order valence-electron chi connectivity index (χ2n) is 3.30. The Morgan fingerprint density at radius 1 is 1.19 bits per heavy atom. The van der Waals surface area contributed by atoms with Crippen LogP contribution in [0, 0.1) is 18.3 Å². The topological polar surface area (TPSA) is 49.6 Å². The zero-order valence-corrected chi connectivity index (χ0v) is 9.36. The first-order chi connectivity index (χ1) is 7.69. The largest absolute Gasteiger partial charge is 0.233 e. The van der Waals surface area contributed by atoms with E-state index in [2.05, 4.69) is 9.97 Å². The molecule has 2 aromatic rings. The van der Waals surface area contributed by atoms with Crippen LogP contribution in [0.5, 0.6) is 0 Å². The molecule has 0 fully saturated rings. The predicted octanol–water partition coefficient (Wildman–Crippen LogP) is 2.98. The van der Waals surface area contributed by atoms with E-state index in [4.69, 9.17) is 16.9 Å². The Morgan fingerprint density at radius 3 is 2.50 bits per heavy atom. The first kappa shape index (κ1) is 10.6. The molecule has 1 heterocycles. The molecule has 0 unspecified atom stereocenters. The molecular formula is C12H8ClN3. The quantitative estimate of drug-likeness (QED) is 0.755. The van der Waals surface area contributed by atoms with Crippen LogP contribution < -0.4 is 0 Å². The minimum atomic E-state index is 0.373. The van der Waals surface area contributed by atoms with E-state index in [1.165, 1.54) is 0 Å². The molecule has 0 aliphatic heterocycles. The van der Waals surface area contributed by atoms with Gasteiger partial charge in [-0.1, -0.05) is 23.7 Å². The zero-order chi connectivity index (χ0) is 11.5. The third-order valence-corrected chi connectivity index (χ3v) is 2.34. The molecule has 0 bridgehead atoms. The molecule has 1 aromatic heterocycles. The Bertz CT molecular complexity index is 555. The van der Waals surface area contributed by atoms with Crippen LogP contribution in [0.15, 0.2) is 30.3 Å². The van der Waals surface area contributed by atoms with Crippen molar-refractivity contribution >= 4 is 11.6 Å². The van der Waals surface area contributed by atoms with Crippen molar-refractivity contribution in [3.8, 4) is 17.3 Å². The number of hydrogen-bond donors (Lipinski definition) is 0. The highest BCUT2D eigenvalue weighted by Gasteiger charge is 2.03. The summed E-state index contributed by atoms with van der Waals surface area (Å²) in [6.07, 6.45) is 0. The van der Waals surface area contributed by atoms with E-state index in [9.17, 15) is 0 Å². The van der Waals surface area contributed by atoms with Crippen molar-refractivity contribution in [2.45, 2.75) is 6.92 Å². The van der Waals surface area contributed by atoms with Gasteiger partial charge in [-0.25, -0.2) is 9.97 Å². The summed E-state index contributed by atoms with van der Waals surface area (Å²) in [5.41, 5.74) is 2.03. The lowest BCUT2D eigenvalue weighted by molar-refractivity contribution is 1.04. The fourth-order valence-corrected chi connectivity index (χ4v) is 1.52. The van der Waals surface area contributed by atoms with Gasteiger partial charge in [0.25, 0.3) is 0 Å². The Labute approximate surface area is 98.4 Å². The van der Waals surface area contributed by atoms with Gasteiger partial charge < -0.3 is 0 Å². The fraction of sp³-hybridized carbons (Fsp3) is 0.0833. The van der Waals surface area contributed by atoms with Crippen LogP contribution in [0.4, 0.5) is 0 Å². The Hall–Kier alpha value is -1.92. The second kappa shape index (κ2) is 4.30. The monoisotopic (exact) mass is 229 g/mol. The van der Waals surface area contributed by atoms with Gasteiger partial charge in [-0.15, -0.1) is 0 Å². The van der Waals surface area contributed by atoms with Crippen LogP contribution in [0.2, 0.25) is 5.02 Å². The van der Waals surface area contributed by atoms with Gasteiger partial charge in [0, 0.05) is 16.7 Å². The van der Waals surface area contributed by atoms with E-state index in [0.29, 0.717) is 16.5 Å². The third kappa shape index (κ3) is 2.18. The van der Waals surface area contributed by atoms with E-state index >= 15 is 0 Å². The molecule has 1 aromatic carbocycles. The van der Waals surface area contributed by atoms with E-state index in [1.807, 2.05) is 18.2 Å². The molecule has 0 aliphatic rings. The number of aromatic nitrogens is 2. The molecule has 4 heteroatoms. The van der Waals surface area contributed by atoms with Gasteiger partial charge in [0.1, 0.15) is 17.6 Å². The van der Waals surface area contributed by atoms with Crippen molar-refractivity contribution in [2.24, 2.45) is 0 Å². The number of nitriles is 1. The van der Waals surface area contributed by atoms with Gasteiger partial charge in [-0.05, 0) is 19.1 Å². The minimum absolute atomic E-state index is 0.373. The van der Waals surface area contributed by atoms with Crippen LogP contribution in [-0.4, -0.2) is 9.97 Å². The van der Waals surface area contributed by atoms with Gasteiger partial charge in [0.05, 0.1) is 5.69 Å². The fourth-order valence-electron chi connectivity index (χ4n) is 1.39. The Morgan fingerprint density at radius 2 is 1.88 bits per heavy atom. The highest BCUT2D eigenvalue weighted by molar-refractivity contribution is 6.30. The average molecular weight is 230 g/mol. The molecule has 0 spiro atoms. The molecule has 3 nitrogen and oxygen atoms in total. The summed E-state index contributed by atoms with van der Waals surface area (Å²) in [6.45, 7) is 1.76. The molecule has 0 radical (unpaired) electrons. The van der Waals surface area contributed by atoms with Crippen LogP contribution in [-0.2, 0) is 0 Å². The van der Waals surface area contributed by atoms with Crippen molar-refractivity contribution < 1.29 is 0 Å². The van der Waals surface area contributed by atoms with Gasteiger partial charge in [-0.2, -0.15) is 5.26 Å². The molecule has 78 valence electrons. The first-order valence-electron chi connectivity index (χ1n) is 4.71. The zero-order valence-electron chi connectivity index (χ0n) is 8.61. The molecule has 0 aliphatic carbocycles. The standard InChI is InChI=1S/C12H8ClN3/c1-8-15-11(7-14)6-12(16-8)9-2-4-10(13)5-3-9/h2-6H,1H3. The Balaban J connectivity index is 2.52. The molecule has 16 heavy (non-hydrogen) atoms. The lowest BCUT2D eigenvalue weighted by Crippen LogP contribution is -1.94. The maximum absolute atomic E-state index is 8.82. The summed E-state index contributed by atoms with van der Waals surface area (Å²) in [7, 11) is 0. The van der Waals surface area contributed by atoms with Gasteiger partial charge in [0.15, 0.2) is 0 Å². The number of hydrogen-bond acceptors (Lipinski definition) is 3. The highest BCUT2D eigenvalue weighted by atomic mass is 35.5. The predicted molar refractivity (Wildman–Crippen MR) is 61.9 cm³/mol. The lowest BCUT2D eigenvalue weighted by Gasteiger charge is -2.02. The van der Waals surface area contributed by atoms with Gasteiger partial charge in [-0.3, -0.25) is 0 Å². The summed E-state index contributed by atoms with van der Waals surface area (Å²) in [4.78, 5) is 8.27. The maximum Gasteiger partial charge on any atom is 0.144 e. The molecule has 0 amide bonds. The van der Waals surface area contributed by atoms with E-state index in [0.717, 1.165) is 11.3 Å².